The summed E-state index contributed by atoms with van der Waals surface area (Å²) < 4.78 is 38.1. The van der Waals surface area contributed by atoms with Crippen LogP contribution in [0.25, 0.3) is 0 Å². The molecule has 2 fully saturated rings. The van der Waals surface area contributed by atoms with Crippen molar-refractivity contribution in [2.24, 2.45) is 0 Å². The Kier molecular flexibility index (Phi) is 5.67. The van der Waals surface area contributed by atoms with Crippen LogP contribution in [0.4, 0.5) is 13.6 Å². The fourth-order valence-corrected chi connectivity index (χ4v) is 3.91. The third kappa shape index (κ3) is 4.85. The molecule has 154 valence electrons. The van der Waals surface area contributed by atoms with Crippen molar-refractivity contribution in [3.05, 3.63) is 65.7 Å². The van der Waals surface area contributed by atoms with Crippen LogP contribution < -0.4 is 10.1 Å². The van der Waals surface area contributed by atoms with Crippen molar-refractivity contribution in [2.45, 2.75) is 31.0 Å². The van der Waals surface area contributed by atoms with Gasteiger partial charge in [-0.2, -0.15) is 0 Å². The lowest BCUT2D eigenvalue weighted by molar-refractivity contribution is -0.00140. The molecule has 1 amide bonds. The first kappa shape index (κ1) is 19.6. The molecule has 0 aliphatic carbocycles. The number of piperidine rings is 1. The van der Waals surface area contributed by atoms with Gasteiger partial charge in [-0.1, -0.05) is 12.1 Å². The number of nitrogens with zero attached hydrogens (tertiary/aromatic N) is 1. The number of amides is 1. The van der Waals surface area contributed by atoms with Crippen LogP contribution in [0, 0.1) is 11.6 Å². The number of carbonyl (C=O) groups excluding carboxylic acids is 1. The Balaban J connectivity index is 1.38. The molecule has 0 radical (unpaired) electrons. The zero-order valence-electron chi connectivity index (χ0n) is 16.1. The molecule has 2 heterocycles. The molecule has 1 unspecified atom stereocenters. The zero-order valence-corrected chi connectivity index (χ0v) is 16.1. The van der Waals surface area contributed by atoms with Crippen LogP contribution in [-0.4, -0.2) is 42.8 Å². The average Bonchev–Trinajstić information content (AvgIpc) is 3.09. The van der Waals surface area contributed by atoms with E-state index in [4.69, 9.17) is 9.47 Å². The van der Waals surface area contributed by atoms with E-state index in [1.54, 1.807) is 24.3 Å². The van der Waals surface area contributed by atoms with Crippen LogP contribution in [0.15, 0.2) is 48.5 Å². The number of ether oxygens (including phenoxy) is 2. The van der Waals surface area contributed by atoms with E-state index in [0.717, 1.165) is 38.0 Å². The van der Waals surface area contributed by atoms with Gasteiger partial charge in [0, 0.05) is 38.9 Å². The highest BCUT2D eigenvalue weighted by Gasteiger charge is 2.42. The van der Waals surface area contributed by atoms with Gasteiger partial charge < -0.3 is 19.7 Å². The van der Waals surface area contributed by atoms with E-state index in [1.807, 2.05) is 0 Å². The van der Waals surface area contributed by atoms with Crippen molar-refractivity contribution in [1.82, 2.24) is 10.2 Å². The predicted octanol–water partition coefficient (Wildman–Crippen LogP) is 4.05. The van der Waals surface area contributed by atoms with E-state index in [9.17, 15) is 13.6 Å². The second-order valence-corrected chi connectivity index (χ2v) is 7.67. The maximum absolute atomic E-state index is 13.3. The number of nitrogens with one attached hydrogen (secondary N) is 1. The van der Waals surface area contributed by atoms with Gasteiger partial charge in [0.05, 0.1) is 6.54 Å². The highest BCUT2D eigenvalue weighted by atomic mass is 19.1. The van der Waals surface area contributed by atoms with Gasteiger partial charge in [-0.05, 0) is 42.0 Å². The number of halogens is 2. The van der Waals surface area contributed by atoms with Crippen LogP contribution in [0.5, 0.6) is 5.75 Å². The molecule has 2 saturated heterocycles. The van der Waals surface area contributed by atoms with Crippen LogP contribution in [0.3, 0.4) is 0 Å². The van der Waals surface area contributed by atoms with Crippen LogP contribution in [0.1, 0.15) is 30.9 Å². The number of hydrogen-bond acceptors (Lipinski definition) is 4. The van der Waals surface area contributed by atoms with Crippen molar-refractivity contribution in [2.75, 3.05) is 26.2 Å². The molecule has 1 N–H and O–H groups in total. The number of carbonyl (C=O) groups is 1. The monoisotopic (exact) mass is 402 g/mol. The number of likely N-dealkylation sites (tertiary alicyclic amines) is 1. The molecule has 29 heavy (non-hydrogen) atoms. The minimum Gasteiger partial charge on any atom is -0.486 e. The normalized spacial score (nSPS) is 19.6. The SMILES string of the molecule is O=C1NCC2(CCN(CCC(Oc3ccc(F)cc3)c3ccc(F)cc3)CC2)O1. The molecule has 5 nitrogen and oxygen atoms in total. The Morgan fingerprint density at radius 2 is 1.66 bits per heavy atom. The molecule has 0 bridgehead atoms. The van der Waals surface area contributed by atoms with E-state index < -0.39 is 0 Å². The van der Waals surface area contributed by atoms with Gasteiger partial charge in [-0.25, -0.2) is 13.6 Å². The molecular formula is C22H24F2N2O3. The molecule has 2 aliphatic heterocycles. The average molecular weight is 402 g/mol. The minimum atomic E-state index is -0.367. The molecule has 2 aromatic carbocycles. The van der Waals surface area contributed by atoms with Crippen LogP contribution in [-0.2, 0) is 4.74 Å². The topological polar surface area (TPSA) is 50.8 Å². The summed E-state index contributed by atoms with van der Waals surface area (Å²) >= 11 is 0. The first-order valence-corrected chi connectivity index (χ1v) is 9.88. The summed E-state index contributed by atoms with van der Waals surface area (Å²) in [6, 6.07) is 12.2. The zero-order chi connectivity index (χ0) is 20.3. The Bertz CT molecular complexity index is 834. The van der Waals surface area contributed by atoms with E-state index in [0.29, 0.717) is 18.7 Å². The highest BCUT2D eigenvalue weighted by Crippen LogP contribution is 2.31. The third-order valence-corrected chi connectivity index (χ3v) is 5.67. The number of hydrogen-bond donors (Lipinski definition) is 1. The maximum Gasteiger partial charge on any atom is 0.407 e. The van der Waals surface area contributed by atoms with Gasteiger partial charge in [0.2, 0.25) is 0 Å². The standard InChI is InChI=1S/C22H24F2N2O3/c23-17-3-1-16(2-4-17)20(28-19-7-5-18(24)6-8-19)9-12-26-13-10-22(11-14-26)15-25-21(27)29-22/h1-8,20H,9-15H2,(H,25,27). The third-order valence-electron chi connectivity index (χ3n) is 5.67. The molecule has 2 aliphatic rings. The predicted molar refractivity (Wildman–Crippen MR) is 104 cm³/mol. The molecule has 2 aromatic rings. The fraction of sp³-hybridized carbons (Fsp3) is 0.409. The van der Waals surface area contributed by atoms with Crippen molar-refractivity contribution in [3.63, 3.8) is 0 Å². The summed E-state index contributed by atoms with van der Waals surface area (Å²) in [4.78, 5) is 13.7. The number of alkyl carbamates (subject to hydrolysis) is 1. The molecule has 0 aromatic heterocycles. The first-order valence-electron chi connectivity index (χ1n) is 9.88. The second-order valence-electron chi connectivity index (χ2n) is 7.67. The van der Waals surface area contributed by atoms with Gasteiger partial charge in [-0.3, -0.25) is 0 Å². The number of rotatable bonds is 6. The summed E-state index contributed by atoms with van der Waals surface area (Å²) in [5.41, 5.74) is 0.507. The Morgan fingerprint density at radius 1 is 1.03 bits per heavy atom. The smallest absolute Gasteiger partial charge is 0.407 e. The molecular weight excluding hydrogens is 378 g/mol. The van der Waals surface area contributed by atoms with Crippen molar-refractivity contribution in [1.29, 1.82) is 0 Å². The van der Waals surface area contributed by atoms with Crippen molar-refractivity contribution in [3.8, 4) is 5.75 Å². The lowest BCUT2D eigenvalue weighted by Crippen LogP contribution is -2.47. The van der Waals surface area contributed by atoms with Crippen molar-refractivity contribution >= 4 is 6.09 Å². The molecule has 0 saturated carbocycles. The Labute approximate surface area is 168 Å². The fourth-order valence-electron chi connectivity index (χ4n) is 3.91. The van der Waals surface area contributed by atoms with E-state index >= 15 is 0 Å². The van der Waals surface area contributed by atoms with Gasteiger partial charge in [-0.15, -0.1) is 0 Å². The molecule has 1 spiro atoms. The minimum absolute atomic E-state index is 0.275. The second kappa shape index (κ2) is 8.37. The Morgan fingerprint density at radius 3 is 2.24 bits per heavy atom. The number of benzene rings is 2. The molecule has 1 atom stereocenters. The summed E-state index contributed by atoms with van der Waals surface area (Å²) in [6.45, 7) is 3.04. The Hall–Kier alpha value is -2.67. The molecule has 4 rings (SSSR count). The summed E-state index contributed by atoms with van der Waals surface area (Å²) in [5, 5.41) is 2.75. The largest absolute Gasteiger partial charge is 0.486 e. The van der Waals surface area contributed by atoms with Gasteiger partial charge >= 0.3 is 6.09 Å². The van der Waals surface area contributed by atoms with E-state index in [2.05, 4.69) is 10.2 Å². The van der Waals surface area contributed by atoms with Gasteiger partial charge in [0.15, 0.2) is 0 Å². The van der Waals surface area contributed by atoms with Gasteiger partial charge in [0.1, 0.15) is 29.1 Å². The first-order chi connectivity index (χ1) is 14.0. The maximum atomic E-state index is 13.3. The van der Waals surface area contributed by atoms with Gasteiger partial charge in [0.25, 0.3) is 0 Å². The lowest BCUT2D eigenvalue weighted by Gasteiger charge is -2.37. The summed E-state index contributed by atoms with van der Waals surface area (Å²) in [6.07, 6.45) is 1.69. The van der Waals surface area contributed by atoms with E-state index in [1.165, 1.54) is 24.3 Å². The quantitative estimate of drug-likeness (QED) is 0.792. The summed E-state index contributed by atoms with van der Waals surface area (Å²) in [7, 11) is 0. The van der Waals surface area contributed by atoms with Crippen LogP contribution >= 0.6 is 0 Å². The van der Waals surface area contributed by atoms with E-state index in [-0.39, 0.29) is 29.4 Å². The lowest BCUT2D eigenvalue weighted by atomic mass is 9.91. The highest BCUT2D eigenvalue weighted by molar-refractivity contribution is 5.70. The molecule has 7 heteroatoms. The van der Waals surface area contributed by atoms with Crippen molar-refractivity contribution < 1.29 is 23.0 Å². The van der Waals surface area contributed by atoms with Crippen LogP contribution in [0.2, 0.25) is 0 Å². The summed E-state index contributed by atoms with van der Waals surface area (Å²) in [5.74, 6) is -0.0439.